The Kier molecular flexibility index (Phi) is 4.78. The Morgan fingerprint density at radius 1 is 1.33 bits per heavy atom. The topological polar surface area (TPSA) is 164 Å². The van der Waals surface area contributed by atoms with Crippen LogP contribution in [-0.2, 0) is 14.2 Å². The van der Waals surface area contributed by atoms with Gasteiger partial charge in [0.25, 0.3) is 0 Å². The second kappa shape index (κ2) is 6.83. The fraction of sp³-hybridized carbons (Fsp3) is 0.615. The average Bonchev–Trinajstić information content (AvgIpc) is 3.09. The van der Waals surface area contributed by atoms with Gasteiger partial charge in [0.1, 0.15) is 23.8 Å². The van der Waals surface area contributed by atoms with Gasteiger partial charge in [-0.25, -0.2) is 4.98 Å². The molecule has 2 aromatic rings. The predicted molar refractivity (Wildman–Crippen MR) is 82.8 cm³/mol. The van der Waals surface area contributed by atoms with Gasteiger partial charge in [-0.1, -0.05) is 0 Å². The summed E-state index contributed by atoms with van der Waals surface area (Å²) in [6.45, 7) is 0.314. The molecule has 2 aromatic heterocycles. The Labute approximate surface area is 137 Å². The van der Waals surface area contributed by atoms with E-state index < -0.39 is 24.5 Å². The molecule has 1 saturated heterocycles. The van der Waals surface area contributed by atoms with Crippen molar-refractivity contribution in [1.82, 2.24) is 19.5 Å². The van der Waals surface area contributed by atoms with E-state index in [0.29, 0.717) is 17.8 Å². The Morgan fingerprint density at radius 2 is 2.12 bits per heavy atom. The summed E-state index contributed by atoms with van der Waals surface area (Å²) >= 11 is 0. The fourth-order valence-corrected chi connectivity index (χ4v) is 2.71. The maximum Gasteiger partial charge on any atom is 0.224 e. The van der Waals surface area contributed by atoms with Crippen LogP contribution in [-0.4, -0.2) is 75.0 Å². The molecule has 24 heavy (non-hydrogen) atoms. The van der Waals surface area contributed by atoms with Crippen LogP contribution in [0.15, 0.2) is 6.33 Å². The highest BCUT2D eigenvalue weighted by molar-refractivity contribution is 5.82. The minimum Gasteiger partial charge on any atom is -0.394 e. The first-order chi connectivity index (χ1) is 11.6. The van der Waals surface area contributed by atoms with Crippen LogP contribution in [0.3, 0.4) is 0 Å². The summed E-state index contributed by atoms with van der Waals surface area (Å²) in [6, 6.07) is 0. The van der Waals surface area contributed by atoms with Crippen LogP contribution in [0.1, 0.15) is 6.23 Å². The van der Waals surface area contributed by atoms with Crippen LogP contribution >= 0.6 is 0 Å². The SMILES string of the molecule is COCCO[C@H]1[C@@H](O)[C@H](n2cnc3c(N)nc(N)nc32)O[C@@H]1CO. The zero-order valence-corrected chi connectivity index (χ0v) is 13.1. The smallest absolute Gasteiger partial charge is 0.224 e. The molecule has 1 aliphatic rings. The zero-order chi connectivity index (χ0) is 17.3. The van der Waals surface area contributed by atoms with Gasteiger partial charge in [0.05, 0.1) is 26.1 Å². The number of aliphatic hydroxyl groups excluding tert-OH is 2. The first kappa shape index (κ1) is 16.8. The molecule has 0 bridgehead atoms. The van der Waals surface area contributed by atoms with Gasteiger partial charge in [0.15, 0.2) is 17.7 Å². The lowest BCUT2D eigenvalue weighted by atomic mass is 10.1. The second-order valence-electron chi connectivity index (χ2n) is 5.36. The third-order valence-corrected chi connectivity index (χ3v) is 3.83. The number of aliphatic hydroxyl groups is 2. The van der Waals surface area contributed by atoms with Gasteiger partial charge in [-0.2, -0.15) is 9.97 Å². The number of nitrogens with two attached hydrogens (primary N) is 2. The van der Waals surface area contributed by atoms with Gasteiger partial charge in [-0.15, -0.1) is 0 Å². The molecule has 0 aromatic carbocycles. The van der Waals surface area contributed by atoms with Crippen molar-refractivity contribution in [3.05, 3.63) is 6.33 Å². The Morgan fingerprint density at radius 3 is 2.83 bits per heavy atom. The van der Waals surface area contributed by atoms with E-state index in [1.54, 1.807) is 7.11 Å². The van der Waals surface area contributed by atoms with Crippen molar-refractivity contribution >= 4 is 22.9 Å². The summed E-state index contributed by atoms with van der Waals surface area (Å²) in [6.07, 6.45) is -1.89. The Balaban J connectivity index is 1.89. The van der Waals surface area contributed by atoms with Crippen molar-refractivity contribution in [2.24, 2.45) is 0 Å². The van der Waals surface area contributed by atoms with Gasteiger partial charge in [-0.05, 0) is 0 Å². The van der Waals surface area contributed by atoms with E-state index in [4.69, 9.17) is 25.7 Å². The monoisotopic (exact) mass is 340 g/mol. The summed E-state index contributed by atoms with van der Waals surface area (Å²) in [5.41, 5.74) is 12.1. The molecule has 132 valence electrons. The van der Waals surface area contributed by atoms with Crippen LogP contribution in [0.5, 0.6) is 0 Å². The molecule has 1 aliphatic heterocycles. The molecular formula is C13H20N6O5. The quantitative estimate of drug-likeness (QED) is 0.444. The van der Waals surface area contributed by atoms with Crippen LogP contribution in [0.4, 0.5) is 11.8 Å². The van der Waals surface area contributed by atoms with Crippen molar-refractivity contribution in [1.29, 1.82) is 0 Å². The normalized spacial score (nSPS) is 27.1. The minimum absolute atomic E-state index is 0.0131. The van der Waals surface area contributed by atoms with E-state index in [-0.39, 0.29) is 25.0 Å². The molecule has 1 fully saturated rings. The highest BCUT2D eigenvalue weighted by Crippen LogP contribution is 2.33. The summed E-state index contributed by atoms with van der Waals surface area (Å²) in [5.74, 6) is 0.121. The summed E-state index contributed by atoms with van der Waals surface area (Å²) < 4.78 is 17.7. The van der Waals surface area contributed by atoms with E-state index in [2.05, 4.69) is 15.0 Å². The molecule has 6 N–H and O–H groups in total. The molecule has 3 rings (SSSR count). The molecular weight excluding hydrogens is 320 g/mol. The van der Waals surface area contributed by atoms with Crippen molar-refractivity contribution in [3.63, 3.8) is 0 Å². The zero-order valence-electron chi connectivity index (χ0n) is 13.1. The van der Waals surface area contributed by atoms with Gasteiger partial charge in [-0.3, -0.25) is 4.57 Å². The standard InChI is InChI=1S/C13H20N6O5/c1-22-2-3-23-9-6(4-20)24-12(8(9)21)19-5-16-7-10(14)17-13(15)18-11(7)19/h5-6,8-9,12,20-21H,2-4H2,1H3,(H4,14,15,17,18)/t6-,8-,9-,12-/m1/s1. The first-order valence-electron chi connectivity index (χ1n) is 7.37. The molecule has 0 spiro atoms. The average molecular weight is 340 g/mol. The Hall–Kier alpha value is -2.05. The number of methoxy groups -OCH3 is 1. The highest BCUT2D eigenvalue weighted by Gasteiger charge is 2.45. The Bertz CT molecular complexity index is 709. The number of hydrogen-bond donors (Lipinski definition) is 4. The number of anilines is 2. The van der Waals surface area contributed by atoms with Gasteiger partial charge in [0, 0.05) is 7.11 Å². The molecule has 11 heteroatoms. The van der Waals surface area contributed by atoms with Crippen molar-refractivity contribution < 1.29 is 24.4 Å². The molecule has 0 radical (unpaired) electrons. The van der Waals surface area contributed by atoms with Crippen molar-refractivity contribution in [2.45, 2.75) is 24.5 Å². The lowest BCUT2D eigenvalue weighted by Gasteiger charge is -2.19. The predicted octanol–water partition coefficient (Wildman–Crippen LogP) is -1.73. The van der Waals surface area contributed by atoms with Crippen molar-refractivity contribution in [2.75, 3.05) is 38.4 Å². The number of imidazole rings is 1. The highest BCUT2D eigenvalue weighted by atomic mass is 16.6. The lowest BCUT2D eigenvalue weighted by Crippen LogP contribution is -2.37. The van der Waals surface area contributed by atoms with E-state index in [9.17, 15) is 10.2 Å². The summed E-state index contributed by atoms with van der Waals surface area (Å²) in [7, 11) is 1.55. The first-order valence-corrected chi connectivity index (χ1v) is 7.37. The summed E-state index contributed by atoms with van der Waals surface area (Å²) in [5, 5.41) is 20.1. The van der Waals surface area contributed by atoms with Crippen molar-refractivity contribution in [3.8, 4) is 0 Å². The van der Waals surface area contributed by atoms with Crippen LogP contribution in [0.2, 0.25) is 0 Å². The number of nitrogens with zero attached hydrogens (tertiary/aromatic N) is 4. The van der Waals surface area contributed by atoms with E-state index in [1.165, 1.54) is 10.9 Å². The number of ether oxygens (including phenoxy) is 3. The molecule has 4 atom stereocenters. The number of nitrogen functional groups attached to an aromatic ring is 2. The second-order valence-corrected chi connectivity index (χ2v) is 5.36. The van der Waals surface area contributed by atoms with Crippen LogP contribution < -0.4 is 11.5 Å². The van der Waals surface area contributed by atoms with E-state index >= 15 is 0 Å². The molecule has 11 nitrogen and oxygen atoms in total. The van der Waals surface area contributed by atoms with Crippen LogP contribution in [0.25, 0.3) is 11.2 Å². The minimum atomic E-state index is -1.05. The molecule has 3 heterocycles. The van der Waals surface area contributed by atoms with E-state index in [1.807, 2.05) is 0 Å². The van der Waals surface area contributed by atoms with Crippen LogP contribution in [0, 0.1) is 0 Å². The third-order valence-electron chi connectivity index (χ3n) is 3.83. The molecule has 0 unspecified atom stereocenters. The number of aromatic nitrogens is 4. The maximum atomic E-state index is 10.6. The summed E-state index contributed by atoms with van der Waals surface area (Å²) in [4.78, 5) is 12.1. The van der Waals surface area contributed by atoms with Gasteiger partial charge < -0.3 is 35.9 Å². The lowest BCUT2D eigenvalue weighted by molar-refractivity contribution is -0.0678. The number of rotatable bonds is 6. The maximum absolute atomic E-state index is 10.6. The molecule has 0 saturated carbocycles. The fourth-order valence-electron chi connectivity index (χ4n) is 2.71. The third kappa shape index (κ3) is 2.87. The molecule has 0 amide bonds. The largest absolute Gasteiger partial charge is 0.394 e. The number of fused-ring (bicyclic) bond motifs is 1. The van der Waals surface area contributed by atoms with Gasteiger partial charge >= 0.3 is 0 Å². The molecule has 0 aliphatic carbocycles. The van der Waals surface area contributed by atoms with E-state index in [0.717, 1.165) is 0 Å². The number of hydrogen-bond acceptors (Lipinski definition) is 10. The van der Waals surface area contributed by atoms with Gasteiger partial charge in [0.2, 0.25) is 5.95 Å².